The number of nitrogens with zero attached hydrogens (tertiary/aromatic N) is 1. The van der Waals surface area contributed by atoms with Gasteiger partial charge in [-0.15, -0.1) is 11.3 Å². The van der Waals surface area contributed by atoms with E-state index in [1.54, 1.807) is 14.0 Å². The fourth-order valence-electron chi connectivity index (χ4n) is 1.56. The number of hydrogen-bond donors (Lipinski definition) is 1. The van der Waals surface area contributed by atoms with E-state index in [9.17, 15) is 15.2 Å². The number of aliphatic hydroxyl groups excluding tert-OH is 1. The minimum atomic E-state index is -0.710. The molecule has 2 aromatic rings. The van der Waals surface area contributed by atoms with Crippen LogP contribution in [0.2, 0.25) is 0 Å². The van der Waals surface area contributed by atoms with E-state index in [1.165, 1.54) is 29.2 Å². The zero-order chi connectivity index (χ0) is 14.7. The third-order valence-corrected chi connectivity index (χ3v) is 5.03. The molecule has 0 saturated heterocycles. The number of nitro groups is 1. The number of rotatable bonds is 5. The summed E-state index contributed by atoms with van der Waals surface area (Å²) in [6.45, 7) is 1.59. The summed E-state index contributed by atoms with van der Waals surface area (Å²) < 4.78 is 5.68. The van der Waals surface area contributed by atoms with Crippen LogP contribution in [0.1, 0.15) is 17.9 Å². The maximum atomic E-state index is 11.1. The third-order valence-electron chi connectivity index (χ3n) is 2.56. The zero-order valence-electron chi connectivity index (χ0n) is 10.9. The maximum Gasteiger partial charge on any atom is 0.294 e. The minimum Gasteiger partial charge on any atom is -0.497 e. The first kappa shape index (κ1) is 14.8. The molecule has 0 aliphatic rings. The van der Waals surface area contributed by atoms with Gasteiger partial charge in [0.25, 0.3) is 5.69 Å². The lowest BCUT2D eigenvalue weighted by molar-refractivity contribution is -0.387. The van der Waals surface area contributed by atoms with Gasteiger partial charge < -0.3 is 9.84 Å². The Morgan fingerprint density at radius 1 is 1.45 bits per heavy atom. The molecule has 1 aromatic carbocycles. The first-order chi connectivity index (χ1) is 9.51. The average Bonchev–Trinajstić information content (AvgIpc) is 2.83. The molecule has 0 fully saturated rings. The van der Waals surface area contributed by atoms with Crippen molar-refractivity contribution in [2.45, 2.75) is 22.1 Å². The van der Waals surface area contributed by atoms with Gasteiger partial charge in [0, 0.05) is 15.8 Å². The molecule has 0 aliphatic heterocycles. The molecule has 1 heterocycles. The molecule has 0 unspecified atom stereocenters. The maximum absolute atomic E-state index is 11.1. The van der Waals surface area contributed by atoms with Gasteiger partial charge in [0.1, 0.15) is 9.96 Å². The summed E-state index contributed by atoms with van der Waals surface area (Å²) in [5.74, 6) is 0.699. The monoisotopic (exact) mass is 311 g/mol. The summed E-state index contributed by atoms with van der Waals surface area (Å²) in [6.07, 6.45) is -0.710. The molecule has 1 N–H and O–H groups in total. The Labute approximate surface area is 124 Å². The fraction of sp³-hybridized carbons (Fsp3) is 0.231. The molecule has 2 rings (SSSR count). The summed E-state index contributed by atoms with van der Waals surface area (Å²) in [5.41, 5.74) is 0.0266. The second kappa shape index (κ2) is 6.25. The number of aliphatic hydroxyl groups is 1. The van der Waals surface area contributed by atoms with Gasteiger partial charge in [-0.2, -0.15) is 0 Å². The highest BCUT2D eigenvalue weighted by atomic mass is 32.2. The molecule has 0 aliphatic carbocycles. The predicted octanol–water partition coefficient (Wildman–Crippen LogP) is 3.87. The first-order valence-electron chi connectivity index (χ1n) is 5.79. The number of methoxy groups -OCH3 is 1. The quantitative estimate of drug-likeness (QED) is 0.670. The summed E-state index contributed by atoms with van der Waals surface area (Å²) in [7, 11) is 1.57. The van der Waals surface area contributed by atoms with Crippen molar-refractivity contribution in [3.8, 4) is 5.75 Å². The number of thiophene rings is 1. The Bertz CT molecular complexity index is 625. The second-order valence-electron chi connectivity index (χ2n) is 4.04. The Kier molecular flexibility index (Phi) is 4.64. The fourth-order valence-corrected chi connectivity index (χ4v) is 3.87. The van der Waals surface area contributed by atoms with Gasteiger partial charge in [0.05, 0.1) is 18.1 Å². The van der Waals surface area contributed by atoms with E-state index in [4.69, 9.17) is 4.74 Å². The lowest BCUT2D eigenvalue weighted by atomic mass is 10.3. The van der Waals surface area contributed by atoms with Crippen LogP contribution in [0, 0.1) is 10.1 Å². The molecule has 0 saturated carbocycles. The van der Waals surface area contributed by atoms with Gasteiger partial charge >= 0.3 is 0 Å². The molecular weight excluding hydrogens is 298 g/mol. The Hall–Kier alpha value is -1.57. The third kappa shape index (κ3) is 3.30. The zero-order valence-corrected chi connectivity index (χ0v) is 12.5. The van der Waals surface area contributed by atoms with E-state index < -0.39 is 11.0 Å². The van der Waals surface area contributed by atoms with E-state index in [2.05, 4.69) is 0 Å². The number of ether oxygens (including phenoxy) is 1. The van der Waals surface area contributed by atoms with Crippen molar-refractivity contribution in [3.63, 3.8) is 0 Å². The highest BCUT2D eigenvalue weighted by Gasteiger charge is 2.21. The first-order valence-corrected chi connectivity index (χ1v) is 7.42. The molecule has 0 spiro atoms. The molecule has 7 heteroatoms. The largest absolute Gasteiger partial charge is 0.497 e. The molecule has 1 aromatic heterocycles. The van der Waals surface area contributed by atoms with Gasteiger partial charge in [-0.1, -0.05) is 17.8 Å². The molecule has 20 heavy (non-hydrogen) atoms. The minimum absolute atomic E-state index is 0.0266. The highest BCUT2D eigenvalue weighted by molar-refractivity contribution is 8.01. The van der Waals surface area contributed by atoms with Crippen molar-refractivity contribution in [3.05, 3.63) is 45.3 Å². The van der Waals surface area contributed by atoms with Crippen molar-refractivity contribution in [2.24, 2.45) is 0 Å². The summed E-state index contributed by atoms with van der Waals surface area (Å²) in [6, 6.07) is 8.75. The standard InChI is InChI=1S/C13H13NO4S2/c1-8(15)12-7-11(14(16)17)13(20-12)19-10-5-3-4-9(6-10)18-2/h3-8,15H,1-2H3/t8-/m0/s1. The van der Waals surface area contributed by atoms with E-state index in [1.807, 2.05) is 24.3 Å². The highest BCUT2D eigenvalue weighted by Crippen LogP contribution is 2.43. The van der Waals surface area contributed by atoms with Crippen LogP contribution >= 0.6 is 23.1 Å². The average molecular weight is 311 g/mol. The van der Waals surface area contributed by atoms with Crippen molar-refractivity contribution in [1.82, 2.24) is 0 Å². The van der Waals surface area contributed by atoms with Crippen LogP contribution in [0.15, 0.2) is 39.4 Å². The van der Waals surface area contributed by atoms with Gasteiger partial charge in [-0.3, -0.25) is 10.1 Å². The second-order valence-corrected chi connectivity index (χ2v) is 6.46. The number of hydrogen-bond acceptors (Lipinski definition) is 6. The van der Waals surface area contributed by atoms with E-state index in [0.717, 1.165) is 4.90 Å². The van der Waals surface area contributed by atoms with Crippen molar-refractivity contribution in [2.75, 3.05) is 7.11 Å². The summed E-state index contributed by atoms with van der Waals surface area (Å²) >= 11 is 2.53. The molecule has 0 radical (unpaired) electrons. The van der Waals surface area contributed by atoms with E-state index in [-0.39, 0.29) is 5.69 Å². The predicted molar refractivity (Wildman–Crippen MR) is 78.7 cm³/mol. The van der Waals surface area contributed by atoms with Crippen molar-refractivity contribution >= 4 is 28.8 Å². The van der Waals surface area contributed by atoms with Gasteiger partial charge in [-0.25, -0.2) is 0 Å². The van der Waals surface area contributed by atoms with Crippen LogP contribution in [-0.2, 0) is 0 Å². The molecular formula is C13H13NO4S2. The summed E-state index contributed by atoms with van der Waals surface area (Å²) in [4.78, 5) is 12.1. The van der Waals surface area contributed by atoms with Crippen molar-refractivity contribution in [1.29, 1.82) is 0 Å². The lowest BCUT2D eigenvalue weighted by Crippen LogP contribution is -1.87. The SMILES string of the molecule is COc1cccc(Sc2sc([C@H](C)O)cc2[N+](=O)[O-])c1. The van der Waals surface area contributed by atoms with Gasteiger partial charge in [-0.05, 0) is 25.1 Å². The van der Waals surface area contributed by atoms with Gasteiger partial charge in [0.2, 0.25) is 0 Å². The van der Waals surface area contributed by atoms with Crippen molar-refractivity contribution < 1.29 is 14.8 Å². The topological polar surface area (TPSA) is 72.6 Å². The van der Waals surface area contributed by atoms with E-state index in [0.29, 0.717) is 14.8 Å². The Balaban J connectivity index is 2.34. The van der Waals surface area contributed by atoms with Crippen LogP contribution in [0.5, 0.6) is 5.75 Å². The van der Waals surface area contributed by atoms with Crippen LogP contribution < -0.4 is 4.74 Å². The van der Waals surface area contributed by atoms with Crippen LogP contribution in [0.4, 0.5) is 5.69 Å². The van der Waals surface area contributed by atoms with Gasteiger partial charge in [0.15, 0.2) is 0 Å². The van der Waals surface area contributed by atoms with Crippen LogP contribution in [0.3, 0.4) is 0 Å². The van der Waals surface area contributed by atoms with E-state index >= 15 is 0 Å². The smallest absolute Gasteiger partial charge is 0.294 e. The lowest BCUT2D eigenvalue weighted by Gasteiger charge is -2.02. The normalized spacial score (nSPS) is 12.2. The number of benzene rings is 1. The molecule has 106 valence electrons. The summed E-state index contributed by atoms with van der Waals surface area (Å²) in [5, 5.41) is 20.6. The Morgan fingerprint density at radius 2 is 2.20 bits per heavy atom. The Morgan fingerprint density at radius 3 is 2.80 bits per heavy atom. The molecule has 0 bridgehead atoms. The molecule has 0 amide bonds. The van der Waals surface area contributed by atoms with Crippen LogP contribution in [-0.4, -0.2) is 17.1 Å². The molecule has 1 atom stereocenters. The molecule has 5 nitrogen and oxygen atoms in total. The van der Waals surface area contributed by atoms with Crippen LogP contribution in [0.25, 0.3) is 0 Å².